The second-order valence-electron chi connectivity index (χ2n) is 6.69. The molecule has 0 aliphatic rings. The van der Waals surface area contributed by atoms with Crippen molar-refractivity contribution in [3.63, 3.8) is 0 Å². The third-order valence-corrected chi connectivity index (χ3v) is 5.49. The molecule has 0 bridgehead atoms. The van der Waals surface area contributed by atoms with E-state index in [1.807, 2.05) is 37.3 Å². The van der Waals surface area contributed by atoms with E-state index in [0.717, 1.165) is 5.56 Å². The molecule has 0 heterocycles. The van der Waals surface area contributed by atoms with Crippen LogP contribution in [0.5, 0.6) is 5.75 Å². The van der Waals surface area contributed by atoms with E-state index < -0.39 is 5.91 Å². The fourth-order valence-corrected chi connectivity index (χ4v) is 4.25. The van der Waals surface area contributed by atoms with E-state index >= 15 is 0 Å². The molecule has 31 heavy (non-hydrogen) atoms. The summed E-state index contributed by atoms with van der Waals surface area (Å²) in [4.78, 5) is 25.2. The van der Waals surface area contributed by atoms with Gasteiger partial charge in [-0.1, -0.05) is 65.7 Å². The first-order valence-corrected chi connectivity index (χ1v) is 10.9. The maximum absolute atomic E-state index is 12.8. The van der Waals surface area contributed by atoms with E-state index in [1.54, 1.807) is 30.3 Å². The number of hydrogen-bond donors (Lipinski definition) is 2. The van der Waals surface area contributed by atoms with Crippen molar-refractivity contribution in [1.82, 2.24) is 5.32 Å². The van der Waals surface area contributed by atoms with Gasteiger partial charge in [0.2, 0.25) is 0 Å². The van der Waals surface area contributed by atoms with Gasteiger partial charge in [-0.15, -0.1) is 0 Å². The van der Waals surface area contributed by atoms with Crippen LogP contribution in [-0.4, -0.2) is 18.4 Å². The second-order valence-corrected chi connectivity index (χ2v) is 8.38. The van der Waals surface area contributed by atoms with Gasteiger partial charge in [0.1, 0.15) is 0 Å². The average molecular weight is 522 g/mol. The molecule has 8 heteroatoms. The third kappa shape index (κ3) is 6.23. The Morgan fingerprint density at radius 3 is 2.42 bits per heavy atom. The zero-order valence-electron chi connectivity index (χ0n) is 16.5. The number of ether oxygens (including phenoxy) is 1. The lowest BCUT2D eigenvalue weighted by molar-refractivity contribution is -0.118. The van der Waals surface area contributed by atoms with Gasteiger partial charge in [0.05, 0.1) is 26.8 Å². The third-order valence-electron chi connectivity index (χ3n) is 4.40. The Morgan fingerprint density at radius 2 is 1.71 bits per heavy atom. The quantitative estimate of drug-likeness (QED) is 0.385. The van der Waals surface area contributed by atoms with E-state index in [1.165, 1.54) is 6.07 Å². The molecule has 0 radical (unpaired) electrons. The molecule has 0 saturated heterocycles. The summed E-state index contributed by atoms with van der Waals surface area (Å²) in [7, 11) is 0. The van der Waals surface area contributed by atoms with Gasteiger partial charge in [-0.2, -0.15) is 0 Å². The Bertz CT molecular complexity index is 1070. The number of rotatable bonds is 7. The van der Waals surface area contributed by atoms with Crippen LogP contribution in [0.4, 0.5) is 5.69 Å². The maximum Gasteiger partial charge on any atom is 0.262 e. The van der Waals surface area contributed by atoms with Gasteiger partial charge in [-0.25, -0.2) is 0 Å². The molecule has 0 aliphatic heterocycles. The average Bonchev–Trinajstić information content (AvgIpc) is 2.74. The monoisotopic (exact) mass is 520 g/mol. The number of halogens is 3. The molecule has 2 N–H and O–H groups in total. The van der Waals surface area contributed by atoms with Crippen LogP contribution in [0.15, 0.2) is 71.2 Å². The Labute approximate surface area is 198 Å². The Morgan fingerprint density at radius 1 is 1.03 bits per heavy atom. The number of nitrogens with one attached hydrogen (secondary N) is 2. The first kappa shape index (κ1) is 23.1. The Balaban J connectivity index is 1.66. The largest absolute Gasteiger partial charge is 0.481 e. The molecule has 1 atom stereocenters. The lowest BCUT2D eigenvalue weighted by atomic mass is 10.1. The summed E-state index contributed by atoms with van der Waals surface area (Å²) in [5.41, 5.74) is 1.72. The topological polar surface area (TPSA) is 67.4 Å². The molecule has 0 aromatic heterocycles. The van der Waals surface area contributed by atoms with Crippen LogP contribution in [-0.2, 0) is 4.79 Å². The zero-order chi connectivity index (χ0) is 22.4. The normalized spacial score (nSPS) is 11.5. The summed E-state index contributed by atoms with van der Waals surface area (Å²) in [6.07, 6.45) is 0. The number of carbonyl (C=O) groups excluding carboxylic acids is 2. The lowest BCUT2D eigenvalue weighted by Gasteiger charge is -2.16. The standard InChI is InChI=1S/C23H19BrCl2N2O3/c1-14(15-7-3-2-4-8-15)27-23(30)17-9-5-6-10-20(17)28-21(29)13-31-22-18(24)11-16(25)12-19(22)26/h2-12,14H,13H2,1H3,(H,27,30)(H,28,29). The second kappa shape index (κ2) is 10.7. The molecular weight excluding hydrogens is 503 g/mol. The van der Waals surface area contributed by atoms with Crippen molar-refractivity contribution >= 4 is 56.6 Å². The molecular formula is C23H19BrCl2N2O3. The summed E-state index contributed by atoms with van der Waals surface area (Å²) in [6.45, 7) is 1.60. The smallest absolute Gasteiger partial charge is 0.262 e. The van der Waals surface area contributed by atoms with Gasteiger partial charge < -0.3 is 15.4 Å². The van der Waals surface area contributed by atoms with E-state index in [4.69, 9.17) is 27.9 Å². The van der Waals surface area contributed by atoms with Crippen LogP contribution in [0.3, 0.4) is 0 Å². The number of carbonyl (C=O) groups is 2. The lowest BCUT2D eigenvalue weighted by Crippen LogP contribution is -2.28. The van der Waals surface area contributed by atoms with Gasteiger partial charge in [-0.3, -0.25) is 9.59 Å². The van der Waals surface area contributed by atoms with E-state index in [-0.39, 0.29) is 23.6 Å². The van der Waals surface area contributed by atoms with Crippen LogP contribution in [0.25, 0.3) is 0 Å². The van der Waals surface area contributed by atoms with Crippen LogP contribution >= 0.6 is 39.1 Å². The summed E-state index contributed by atoms with van der Waals surface area (Å²) < 4.78 is 6.06. The minimum atomic E-state index is -0.436. The summed E-state index contributed by atoms with van der Waals surface area (Å²) in [5, 5.41) is 6.38. The van der Waals surface area contributed by atoms with Gasteiger partial charge in [-0.05, 0) is 52.7 Å². The van der Waals surface area contributed by atoms with Crippen LogP contribution in [0.1, 0.15) is 28.9 Å². The van der Waals surface area contributed by atoms with E-state index in [0.29, 0.717) is 26.5 Å². The van der Waals surface area contributed by atoms with Crippen molar-refractivity contribution in [2.45, 2.75) is 13.0 Å². The fraction of sp³-hybridized carbons (Fsp3) is 0.130. The van der Waals surface area contributed by atoms with Crippen molar-refractivity contribution in [2.24, 2.45) is 0 Å². The molecule has 3 rings (SSSR count). The highest BCUT2D eigenvalue weighted by atomic mass is 79.9. The Kier molecular flexibility index (Phi) is 7.96. The van der Waals surface area contributed by atoms with Crippen molar-refractivity contribution in [2.75, 3.05) is 11.9 Å². The minimum Gasteiger partial charge on any atom is -0.481 e. The number of hydrogen-bond acceptors (Lipinski definition) is 3. The van der Waals surface area contributed by atoms with Crippen LogP contribution < -0.4 is 15.4 Å². The minimum absolute atomic E-state index is 0.190. The molecule has 0 spiro atoms. The maximum atomic E-state index is 12.8. The summed E-state index contributed by atoms with van der Waals surface area (Å²) in [5.74, 6) is -0.421. The van der Waals surface area contributed by atoms with Gasteiger partial charge in [0, 0.05) is 5.02 Å². The van der Waals surface area contributed by atoms with Crippen molar-refractivity contribution in [3.8, 4) is 5.75 Å². The SMILES string of the molecule is CC(NC(=O)c1ccccc1NC(=O)COc1c(Cl)cc(Cl)cc1Br)c1ccccc1. The number of anilines is 1. The highest BCUT2D eigenvalue weighted by molar-refractivity contribution is 9.10. The molecule has 0 aliphatic carbocycles. The highest BCUT2D eigenvalue weighted by Gasteiger charge is 2.17. The predicted octanol–water partition coefficient (Wildman–Crippen LogP) is 6.26. The van der Waals surface area contributed by atoms with Crippen molar-refractivity contribution in [3.05, 3.63) is 92.4 Å². The molecule has 5 nitrogen and oxygen atoms in total. The molecule has 3 aromatic carbocycles. The van der Waals surface area contributed by atoms with E-state index in [9.17, 15) is 9.59 Å². The first-order valence-electron chi connectivity index (χ1n) is 9.37. The molecule has 160 valence electrons. The number of amides is 2. The van der Waals surface area contributed by atoms with Crippen molar-refractivity contribution in [1.29, 1.82) is 0 Å². The van der Waals surface area contributed by atoms with Crippen LogP contribution in [0, 0.1) is 0 Å². The van der Waals surface area contributed by atoms with Crippen molar-refractivity contribution < 1.29 is 14.3 Å². The molecule has 0 saturated carbocycles. The number of benzene rings is 3. The van der Waals surface area contributed by atoms with Gasteiger partial charge >= 0.3 is 0 Å². The predicted molar refractivity (Wildman–Crippen MR) is 127 cm³/mol. The van der Waals surface area contributed by atoms with Gasteiger partial charge in [0.25, 0.3) is 11.8 Å². The summed E-state index contributed by atoms with van der Waals surface area (Å²) >= 11 is 15.4. The molecule has 2 amide bonds. The molecule has 3 aromatic rings. The first-order chi connectivity index (χ1) is 14.8. The fourth-order valence-electron chi connectivity index (χ4n) is 2.88. The molecule has 0 fully saturated rings. The van der Waals surface area contributed by atoms with Gasteiger partial charge in [0.15, 0.2) is 12.4 Å². The van der Waals surface area contributed by atoms with Crippen LogP contribution in [0.2, 0.25) is 10.0 Å². The zero-order valence-corrected chi connectivity index (χ0v) is 19.6. The molecule has 1 unspecified atom stereocenters. The van der Waals surface area contributed by atoms with E-state index in [2.05, 4.69) is 26.6 Å². The summed E-state index contributed by atoms with van der Waals surface area (Å²) in [6, 6.07) is 19.4. The Hall–Kier alpha value is -2.54. The number of para-hydroxylation sites is 1. The highest BCUT2D eigenvalue weighted by Crippen LogP contribution is 2.36.